The van der Waals surface area contributed by atoms with Gasteiger partial charge in [0.15, 0.2) is 0 Å². The Labute approximate surface area is 106 Å². The van der Waals surface area contributed by atoms with Crippen molar-refractivity contribution in [2.24, 2.45) is 5.73 Å². The van der Waals surface area contributed by atoms with Gasteiger partial charge in [0.2, 0.25) is 5.91 Å². The van der Waals surface area contributed by atoms with Gasteiger partial charge in [-0.1, -0.05) is 6.07 Å². The van der Waals surface area contributed by atoms with Crippen LogP contribution in [0.3, 0.4) is 0 Å². The first-order valence-electron chi connectivity index (χ1n) is 5.84. The number of anilines is 1. The normalized spacial score (nSPS) is 26.2. The number of methoxy groups -OCH3 is 2. The van der Waals surface area contributed by atoms with E-state index in [0.717, 1.165) is 11.4 Å². The average molecular weight is 250 g/mol. The third-order valence-electron chi connectivity index (χ3n) is 3.41. The van der Waals surface area contributed by atoms with Gasteiger partial charge >= 0.3 is 0 Å². The molecule has 0 saturated heterocycles. The van der Waals surface area contributed by atoms with E-state index in [1.54, 1.807) is 14.2 Å². The molecule has 5 heteroatoms. The van der Waals surface area contributed by atoms with Crippen molar-refractivity contribution >= 4 is 11.6 Å². The number of nitrogens with one attached hydrogen (secondary N) is 1. The molecule has 0 heterocycles. The number of carbonyl (C=O) groups is 1. The maximum absolute atomic E-state index is 11.6. The number of carbonyl (C=O) groups excluding carboxylic acids is 1. The molecular weight excluding hydrogens is 232 g/mol. The SMILES string of the molecule is COc1cccc(NC2(C(N)=O)CC(OC)C2)c1. The van der Waals surface area contributed by atoms with Gasteiger partial charge in [-0.25, -0.2) is 0 Å². The average Bonchev–Trinajstić information content (AvgIpc) is 2.33. The van der Waals surface area contributed by atoms with Crippen LogP contribution in [0, 0.1) is 0 Å². The van der Waals surface area contributed by atoms with Crippen molar-refractivity contribution in [1.29, 1.82) is 0 Å². The molecule has 0 atom stereocenters. The van der Waals surface area contributed by atoms with Gasteiger partial charge in [-0.3, -0.25) is 4.79 Å². The Morgan fingerprint density at radius 1 is 1.44 bits per heavy atom. The number of amides is 1. The maximum Gasteiger partial charge on any atom is 0.243 e. The minimum Gasteiger partial charge on any atom is -0.497 e. The summed E-state index contributed by atoms with van der Waals surface area (Å²) in [7, 11) is 3.24. The Bertz CT molecular complexity index is 442. The Hall–Kier alpha value is -1.75. The van der Waals surface area contributed by atoms with E-state index < -0.39 is 5.54 Å². The molecule has 3 N–H and O–H groups in total. The number of primary amides is 1. The van der Waals surface area contributed by atoms with Crippen LogP contribution in [0.4, 0.5) is 5.69 Å². The van der Waals surface area contributed by atoms with Gasteiger partial charge in [-0.2, -0.15) is 0 Å². The van der Waals surface area contributed by atoms with E-state index in [9.17, 15) is 4.79 Å². The molecule has 1 aromatic rings. The minimum atomic E-state index is -0.701. The van der Waals surface area contributed by atoms with Crippen molar-refractivity contribution in [3.63, 3.8) is 0 Å². The van der Waals surface area contributed by atoms with Crippen molar-refractivity contribution < 1.29 is 14.3 Å². The Morgan fingerprint density at radius 2 is 2.17 bits per heavy atom. The maximum atomic E-state index is 11.6. The van der Waals surface area contributed by atoms with Crippen LogP contribution in [0.5, 0.6) is 5.75 Å². The van der Waals surface area contributed by atoms with E-state index in [-0.39, 0.29) is 12.0 Å². The van der Waals surface area contributed by atoms with Gasteiger partial charge in [-0.15, -0.1) is 0 Å². The van der Waals surface area contributed by atoms with Crippen LogP contribution >= 0.6 is 0 Å². The molecule has 1 aliphatic carbocycles. The van der Waals surface area contributed by atoms with Crippen molar-refractivity contribution in [1.82, 2.24) is 0 Å². The summed E-state index contributed by atoms with van der Waals surface area (Å²) >= 11 is 0. The fourth-order valence-corrected chi connectivity index (χ4v) is 2.23. The zero-order valence-electron chi connectivity index (χ0n) is 10.6. The van der Waals surface area contributed by atoms with Gasteiger partial charge in [0.25, 0.3) is 0 Å². The zero-order chi connectivity index (χ0) is 13.2. The lowest BCUT2D eigenvalue weighted by atomic mass is 9.73. The Morgan fingerprint density at radius 3 is 2.72 bits per heavy atom. The van der Waals surface area contributed by atoms with Crippen LogP contribution in [0.2, 0.25) is 0 Å². The number of hydrogen-bond donors (Lipinski definition) is 2. The predicted octanol–water partition coefficient (Wildman–Crippen LogP) is 1.14. The molecule has 98 valence electrons. The van der Waals surface area contributed by atoms with Gasteiger partial charge in [0, 0.05) is 31.7 Å². The molecule has 1 fully saturated rings. The standard InChI is InChI=1S/C13H18N2O3/c1-17-10-5-3-4-9(6-10)15-13(12(14)16)7-11(8-13)18-2/h3-6,11,15H,7-8H2,1-2H3,(H2,14,16). The number of nitrogens with two attached hydrogens (primary N) is 1. The monoisotopic (exact) mass is 250 g/mol. The number of rotatable bonds is 5. The summed E-state index contributed by atoms with van der Waals surface area (Å²) in [5.74, 6) is 0.390. The van der Waals surface area contributed by atoms with Gasteiger partial charge < -0.3 is 20.5 Å². The zero-order valence-corrected chi connectivity index (χ0v) is 10.6. The molecule has 0 unspecified atom stereocenters. The highest BCUT2D eigenvalue weighted by Gasteiger charge is 2.49. The first-order valence-corrected chi connectivity index (χ1v) is 5.84. The quantitative estimate of drug-likeness (QED) is 0.822. The van der Waals surface area contributed by atoms with Gasteiger partial charge in [0.05, 0.1) is 13.2 Å². The first-order chi connectivity index (χ1) is 8.59. The highest BCUT2D eigenvalue weighted by atomic mass is 16.5. The van der Waals surface area contributed by atoms with E-state index in [0.29, 0.717) is 12.8 Å². The summed E-state index contributed by atoms with van der Waals surface area (Å²) in [5.41, 5.74) is 5.60. The van der Waals surface area contributed by atoms with Crippen LogP contribution in [-0.4, -0.2) is 31.8 Å². The van der Waals surface area contributed by atoms with Crippen LogP contribution in [0.1, 0.15) is 12.8 Å². The van der Waals surface area contributed by atoms with Crippen molar-refractivity contribution in [2.75, 3.05) is 19.5 Å². The number of ether oxygens (including phenoxy) is 2. The molecule has 1 saturated carbocycles. The molecule has 1 aliphatic rings. The molecule has 0 radical (unpaired) electrons. The first kappa shape index (κ1) is 12.7. The van der Waals surface area contributed by atoms with Crippen molar-refractivity contribution in [2.45, 2.75) is 24.5 Å². The number of hydrogen-bond acceptors (Lipinski definition) is 4. The van der Waals surface area contributed by atoms with Crippen LogP contribution in [0.15, 0.2) is 24.3 Å². The lowest BCUT2D eigenvalue weighted by molar-refractivity contribution is -0.130. The largest absolute Gasteiger partial charge is 0.497 e. The molecule has 0 bridgehead atoms. The fourth-order valence-electron chi connectivity index (χ4n) is 2.23. The second kappa shape index (κ2) is 4.86. The highest BCUT2D eigenvalue weighted by Crippen LogP contribution is 2.37. The number of benzene rings is 1. The van der Waals surface area contributed by atoms with E-state index >= 15 is 0 Å². The van der Waals surface area contributed by atoms with Gasteiger partial charge in [0.1, 0.15) is 11.3 Å². The topological polar surface area (TPSA) is 73.6 Å². The molecule has 1 amide bonds. The van der Waals surface area contributed by atoms with Crippen LogP contribution in [0.25, 0.3) is 0 Å². The lowest BCUT2D eigenvalue weighted by Crippen LogP contribution is -2.61. The summed E-state index contributed by atoms with van der Waals surface area (Å²) in [6, 6.07) is 7.43. The molecule has 18 heavy (non-hydrogen) atoms. The molecular formula is C13H18N2O3. The van der Waals surface area contributed by atoms with E-state index in [1.165, 1.54) is 0 Å². The third kappa shape index (κ3) is 2.26. The summed E-state index contributed by atoms with van der Waals surface area (Å²) in [6.07, 6.45) is 1.28. The van der Waals surface area contributed by atoms with Crippen LogP contribution in [-0.2, 0) is 9.53 Å². The lowest BCUT2D eigenvalue weighted by Gasteiger charge is -2.45. The highest BCUT2D eigenvalue weighted by molar-refractivity contribution is 5.89. The Kier molecular flexibility index (Phi) is 3.43. The van der Waals surface area contributed by atoms with E-state index in [1.807, 2.05) is 24.3 Å². The third-order valence-corrected chi connectivity index (χ3v) is 3.41. The predicted molar refractivity (Wildman–Crippen MR) is 68.6 cm³/mol. The summed E-state index contributed by atoms with van der Waals surface area (Å²) in [5, 5.41) is 3.20. The summed E-state index contributed by atoms with van der Waals surface area (Å²) in [6.45, 7) is 0. The minimum absolute atomic E-state index is 0.0932. The smallest absolute Gasteiger partial charge is 0.243 e. The summed E-state index contributed by atoms with van der Waals surface area (Å²) < 4.78 is 10.3. The molecule has 1 aromatic carbocycles. The van der Waals surface area contributed by atoms with Crippen LogP contribution < -0.4 is 15.8 Å². The molecule has 0 aliphatic heterocycles. The van der Waals surface area contributed by atoms with Gasteiger partial charge in [-0.05, 0) is 12.1 Å². The Balaban J connectivity index is 2.12. The van der Waals surface area contributed by atoms with E-state index in [4.69, 9.17) is 15.2 Å². The fraction of sp³-hybridized carbons (Fsp3) is 0.462. The van der Waals surface area contributed by atoms with E-state index in [2.05, 4.69) is 5.32 Å². The molecule has 2 rings (SSSR count). The van der Waals surface area contributed by atoms with Crippen molar-refractivity contribution in [3.05, 3.63) is 24.3 Å². The molecule has 0 aromatic heterocycles. The van der Waals surface area contributed by atoms with Crippen molar-refractivity contribution in [3.8, 4) is 5.75 Å². The molecule has 5 nitrogen and oxygen atoms in total. The second-order valence-corrected chi connectivity index (χ2v) is 4.57. The molecule has 0 spiro atoms. The second-order valence-electron chi connectivity index (χ2n) is 4.57. The summed E-state index contributed by atoms with van der Waals surface area (Å²) in [4.78, 5) is 11.6.